The van der Waals surface area contributed by atoms with E-state index in [0.717, 1.165) is 25.7 Å². The van der Waals surface area contributed by atoms with Crippen LogP contribution in [0.5, 0.6) is 0 Å². The number of hydrogen-bond donors (Lipinski definition) is 1. The number of nitrogens with zero attached hydrogens (tertiary/aromatic N) is 4. The molecule has 0 aromatic heterocycles. The molecule has 4 aliphatic heterocycles. The third-order valence-electron chi connectivity index (χ3n) is 12.0. The van der Waals surface area contributed by atoms with E-state index in [-0.39, 0.29) is 60.4 Å². The van der Waals surface area contributed by atoms with Crippen LogP contribution in [-0.2, 0) is 33.3 Å². The SMILES string of the molecule is CO[C@]1(C)C[C@@H](C)CN(C)C(C2C[C@H]3CC[C@@H](C2)N3C(=O)CN(C)C)COC(=O)C(C)(C)C(=O)[C@H](C)[C@H]1O[C@@H]1O[C@H](C)C[C@H](N(C)C)[C@H]1O. The van der Waals surface area contributed by atoms with E-state index >= 15 is 0 Å². The summed E-state index contributed by atoms with van der Waals surface area (Å²) in [6.07, 6.45) is 2.00. The number of Topliss-reactive ketones (excluding diaryl/α,β-unsaturated/α-hetero) is 1. The molecule has 12 heteroatoms. The van der Waals surface area contributed by atoms with Gasteiger partial charge in [0.1, 0.15) is 18.1 Å². The largest absolute Gasteiger partial charge is 0.463 e. The van der Waals surface area contributed by atoms with Crippen LogP contribution in [0.3, 0.4) is 0 Å². The number of cyclic esters (lactones) is 1. The summed E-state index contributed by atoms with van der Waals surface area (Å²) < 4.78 is 25.2. The first kappa shape index (κ1) is 40.1. The van der Waals surface area contributed by atoms with Crippen LogP contribution in [0, 0.1) is 23.2 Å². The van der Waals surface area contributed by atoms with E-state index < -0.39 is 41.4 Å². The topological polar surface area (TPSA) is 121 Å². The van der Waals surface area contributed by atoms with Gasteiger partial charge in [0, 0.05) is 43.7 Å². The van der Waals surface area contributed by atoms with Crippen molar-refractivity contribution >= 4 is 17.7 Å². The van der Waals surface area contributed by atoms with Gasteiger partial charge < -0.3 is 38.8 Å². The third-order valence-corrected chi connectivity index (χ3v) is 12.0. The van der Waals surface area contributed by atoms with Crippen LogP contribution in [0.25, 0.3) is 0 Å². The molecule has 1 amide bonds. The Morgan fingerprint density at radius 1 is 1.02 bits per heavy atom. The zero-order valence-electron chi connectivity index (χ0n) is 32.3. The number of aliphatic hydroxyl groups is 1. The average Bonchev–Trinajstić information content (AvgIpc) is 3.28. The molecule has 49 heavy (non-hydrogen) atoms. The summed E-state index contributed by atoms with van der Waals surface area (Å²) in [5.74, 6) is -1.13. The van der Waals surface area contributed by atoms with Gasteiger partial charge in [0.05, 0.1) is 24.4 Å². The van der Waals surface area contributed by atoms with Gasteiger partial charge in [-0.3, -0.25) is 19.3 Å². The van der Waals surface area contributed by atoms with E-state index in [1.54, 1.807) is 27.9 Å². The van der Waals surface area contributed by atoms with E-state index in [0.29, 0.717) is 25.9 Å². The van der Waals surface area contributed by atoms with Gasteiger partial charge in [0.25, 0.3) is 0 Å². The number of carbonyl (C=O) groups is 3. The Kier molecular flexibility index (Phi) is 13.0. The highest BCUT2D eigenvalue weighted by Crippen LogP contribution is 2.42. The first-order valence-corrected chi connectivity index (χ1v) is 18.4. The fourth-order valence-electron chi connectivity index (χ4n) is 9.35. The number of methoxy groups -OCH3 is 1. The van der Waals surface area contributed by atoms with Crippen LogP contribution in [0.2, 0.25) is 0 Å². The maximum atomic E-state index is 14.4. The second-order valence-electron chi connectivity index (χ2n) is 17.0. The molecule has 0 saturated carbocycles. The third kappa shape index (κ3) is 8.69. The molecule has 0 radical (unpaired) electrons. The van der Waals surface area contributed by atoms with Gasteiger partial charge in [-0.15, -0.1) is 0 Å². The van der Waals surface area contributed by atoms with Gasteiger partial charge in [-0.25, -0.2) is 0 Å². The van der Waals surface area contributed by atoms with Crippen LogP contribution in [0.4, 0.5) is 0 Å². The molecule has 2 bridgehead atoms. The number of amides is 1. The molecule has 0 aromatic rings. The van der Waals surface area contributed by atoms with E-state index in [4.69, 9.17) is 18.9 Å². The molecule has 4 rings (SSSR count). The van der Waals surface area contributed by atoms with Crippen LogP contribution in [0.1, 0.15) is 80.1 Å². The monoisotopic (exact) mass is 694 g/mol. The predicted molar refractivity (Wildman–Crippen MR) is 187 cm³/mol. The fourth-order valence-corrected chi connectivity index (χ4v) is 9.35. The highest BCUT2D eigenvalue weighted by Gasteiger charge is 2.52. The lowest BCUT2D eigenvalue weighted by atomic mass is 9.74. The smallest absolute Gasteiger partial charge is 0.319 e. The quantitative estimate of drug-likeness (QED) is 0.313. The second-order valence-corrected chi connectivity index (χ2v) is 17.0. The van der Waals surface area contributed by atoms with Gasteiger partial charge in [-0.2, -0.15) is 0 Å². The number of esters is 1. The Morgan fingerprint density at radius 2 is 1.63 bits per heavy atom. The molecule has 12 atom stereocenters. The molecule has 2 unspecified atom stereocenters. The lowest BCUT2D eigenvalue weighted by molar-refractivity contribution is -0.295. The molecule has 4 aliphatic rings. The first-order valence-electron chi connectivity index (χ1n) is 18.4. The van der Waals surface area contributed by atoms with Gasteiger partial charge in [-0.05, 0) is 113 Å². The lowest BCUT2D eigenvalue weighted by Gasteiger charge is -2.47. The molecular formula is C37H66N4O8. The van der Waals surface area contributed by atoms with Crippen LogP contribution in [-0.4, -0.2) is 159 Å². The summed E-state index contributed by atoms with van der Waals surface area (Å²) in [6, 6.07) is 0.110. The molecule has 1 N–H and O–H groups in total. The molecular weight excluding hydrogens is 628 g/mol. The maximum absolute atomic E-state index is 14.4. The molecule has 0 spiro atoms. The summed E-state index contributed by atoms with van der Waals surface area (Å²) in [5.41, 5.74) is -2.40. The predicted octanol–water partition coefficient (Wildman–Crippen LogP) is 2.65. The van der Waals surface area contributed by atoms with E-state index in [9.17, 15) is 19.5 Å². The summed E-state index contributed by atoms with van der Waals surface area (Å²) in [5, 5.41) is 11.4. The van der Waals surface area contributed by atoms with Gasteiger partial charge in [0.2, 0.25) is 5.91 Å². The van der Waals surface area contributed by atoms with E-state index in [2.05, 4.69) is 23.8 Å². The molecule has 12 nitrogen and oxygen atoms in total. The number of hydrogen-bond acceptors (Lipinski definition) is 11. The summed E-state index contributed by atoms with van der Waals surface area (Å²) in [4.78, 5) is 49.7. The second kappa shape index (κ2) is 15.9. The van der Waals surface area contributed by atoms with Crippen molar-refractivity contribution in [3.8, 4) is 0 Å². The maximum Gasteiger partial charge on any atom is 0.319 e. The lowest BCUT2D eigenvalue weighted by Crippen LogP contribution is -2.59. The zero-order chi connectivity index (χ0) is 36.6. The minimum Gasteiger partial charge on any atom is -0.463 e. The summed E-state index contributed by atoms with van der Waals surface area (Å²) in [7, 11) is 11.4. The number of ether oxygens (including phenoxy) is 4. The Hall–Kier alpha value is -1.67. The number of fused-ring (bicyclic) bond motifs is 2. The van der Waals surface area contributed by atoms with Crippen molar-refractivity contribution < 1.29 is 38.4 Å². The summed E-state index contributed by atoms with van der Waals surface area (Å²) in [6.45, 7) is 12.4. The van der Waals surface area contributed by atoms with E-state index in [1.807, 2.05) is 51.8 Å². The minimum absolute atomic E-state index is 0.0687. The highest BCUT2D eigenvalue weighted by molar-refractivity contribution is 6.04. The molecule has 4 saturated heterocycles. The van der Waals surface area contributed by atoms with Crippen LogP contribution < -0.4 is 0 Å². The van der Waals surface area contributed by atoms with Crippen molar-refractivity contribution in [2.24, 2.45) is 23.2 Å². The molecule has 4 heterocycles. The Labute approximate surface area is 295 Å². The van der Waals surface area contributed by atoms with Gasteiger partial charge >= 0.3 is 5.97 Å². The number of aliphatic hydroxyl groups excluding tert-OH is 1. The van der Waals surface area contributed by atoms with E-state index in [1.165, 1.54) is 0 Å². The van der Waals surface area contributed by atoms with Gasteiger partial charge in [0.15, 0.2) is 12.1 Å². The fraction of sp³-hybridized carbons (Fsp3) is 0.919. The number of ketones is 1. The van der Waals surface area contributed by atoms with Crippen molar-refractivity contribution in [3.63, 3.8) is 0 Å². The molecule has 0 aromatic carbocycles. The Bertz CT molecular complexity index is 1150. The standard InChI is InChI=1S/C37H66N4O8/c1-22-18-37(6,46-12)33(49-34-31(43)28(39(9)10)15-23(2)48-34)24(3)32(44)36(4,5)35(45)47-21-29(40(11)19-22)25-16-26-13-14-27(17-25)41(26)30(42)20-38(7)8/h22-29,31,33-34,43H,13-21H2,1-12H3/t22-,23-,24+,25?,26-,27+,28+,29?,31-,33-,34+,37-/m1/s1. The van der Waals surface area contributed by atoms with Crippen LogP contribution >= 0.6 is 0 Å². The van der Waals surface area contributed by atoms with Crippen molar-refractivity contribution in [3.05, 3.63) is 0 Å². The Balaban J connectivity index is 1.63. The molecule has 282 valence electrons. The van der Waals surface area contributed by atoms with Crippen molar-refractivity contribution in [2.75, 3.05) is 62.0 Å². The number of piperidine rings is 1. The zero-order valence-corrected chi connectivity index (χ0v) is 32.3. The molecule has 0 aliphatic carbocycles. The van der Waals surface area contributed by atoms with Crippen molar-refractivity contribution in [1.82, 2.24) is 19.6 Å². The summed E-state index contributed by atoms with van der Waals surface area (Å²) >= 11 is 0. The normalized spacial score (nSPS) is 41.3. The highest BCUT2D eigenvalue weighted by atomic mass is 16.7. The number of rotatable bonds is 7. The van der Waals surface area contributed by atoms with Crippen LogP contribution in [0.15, 0.2) is 0 Å². The number of carbonyl (C=O) groups excluding carboxylic acids is 3. The Morgan fingerprint density at radius 3 is 2.18 bits per heavy atom. The van der Waals surface area contributed by atoms with Gasteiger partial charge in [-0.1, -0.05) is 13.8 Å². The number of likely N-dealkylation sites (N-methyl/N-ethyl adjacent to an activating group) is 3. The first-order chi connectivity index (χ1) is 22.8. The molecule has 4 fully saturated rings. The average molecular weight is 695 g/mol. The van der Waals surface area contributed by atoms with Crippen molar-refractivity contribution in [2.45, 2.75) is 134 Å². The minimum atomic E-state index is -1.45. The van der Waals surface area contributed by atoms with Crippen molar-refractivity contribution in [1.29, 1.82) is 0 Å².